The van der Waals surface area contributed by atoms with E-state index in [1.54, 1.807) is 0 Å². The van der Waals surface area contributed by atoms with Crippen molar-refractivity contribution in [3.05, 3.63) is 34.3 Å². The highest BCUT2D eigenvalue weighted by molar-refractivity contribution is 9.24. The van der Waals surface area contributed by atoms with Gasteiger partial charge in [-0.1, -0.05) is 71.5 Å². The number of hydrogen-bond acceptors (Lipinski definition) is 0. The fourth-order valence-corrected chi connectivity index (χ4v) is 3.08. The van der Waals surface area contributed by atoms with E-state index in [1.165, 1.54) is 5.56 Å². The summed E-state index contributed by atoms with van der Waals surface area (Å²) in [6.07, 6.45) is 0. The molecule has 0 N–H and O–H groups in total. The summed E-state index contributed by atoms with van der Waals surface area (Å²) in [5, 5.41) is 1.60. The maximum atomic E-state index is 6.02. The molecule has 0 heterocycles. The lowest BCUT2D eigenvalue weighted by molar-refractivity contribution is 1.30. The lowest BCUT2D eigenvalue weighted by Crippen LogP contribution is -1.90. The predicted octanol–water partition coefficient (Wildman–Crippen LogP) is 5.02. The van der Waals surface area contributed by atoms with Crippen LogP contribution in [0.25, 0.3) is 0 Å². The van der Waals surface area contributed by atoms with Crippen molar-refractivity contribution in [2.24, 2.45) is 0 Å². The first-order valence-electron chi connectivity index (χ1n) is 3.28. The molecule has 0 unspecified atom stereocenters. The average molecular weight is 377 g/mol. The van der Waals surface area contributed by atoms with Gasteiger partial charge in [-0.05, 0) is 17.2 Å². The molecule has 0 amide bonds. The van der Waals surface area contributed by atoms with Crippen molar-refractivity contribution < 1.29 is 0 Å². The minimum absolute atomic E-state index is 0.117. The molecule has 0 nitrogen and oxygen atoms in total. The van der Waals surface area contributed by atoms with Gasteiger partial charge >= 0.3 is 0 Å². The zero-order chi connectivity index (χ0) is 9.14. The van der Waals surface area contributed by atoms with Crippen molar-refractivity contribution in [2.45, 2.75) is 9.07 Å². The molecule has 0 atom stereocenters. The highest BCUT2D eigenvalue weighted by atomic mass is 79.9. The Labute approximate surface area is 102 Å². The van der Waals surface area contributed by atoms with Crippen molar-refractivity contribution in [3.63, 3.8) is 0 Å². The van der Waals surface area contributed by atoms with Gasteiger partial charge in [-0.25, -0.2) is 0 Å². The first kappa shape index (κ1) is 11.0. The topological polar surface area (TPSA) is 0 Å². The lowest BCUT2D eigenvalue weighted by Gasteiger charge is -2.09. The molecule has 1 aromatic carbocycles. The monoisotopic (exact) mass is 374 g/mol. The molecular weight excluding hydrogens is 371 g/mol. The van der Waals surface area contributed by atoms with Gasteiger partial charge in [0, 0.05) is 10.4 Å². The van der Waals surface area contributed by atoms with Crippen LogP contribution >= 0.6 is 59.4 Å². The highest BCUT2D eigenvalue weighted by Crippen LogP contribution is 2.37. The number of rotatable bonds is 2. The fraction of sp³-hybridized carbons (Fsp3) is 0.250. The van der Waals surface area contributed by atoms with E-state index in [9.17, 15) is 0 Å². The molecule has 0 saturated heterocycles. The van der Waals surface area contributed by atoms with Crippen LogP contribution in [0.2, 0.25) is 5.02 Å². The molecule has 4 heteroatoms. The summed E-state index contributed by atoms with van der Waals surface area (Å²) in [5.41, 5.74) is 2.29. The Kier molecular flexibility index (Phi) is 4.58. The van der Waals surface area contributed by atoms with Gasteiger partial charge in [0.2, 0.25) is 0 Å². The van der Waals surface area contributed by atoms with Crippen molar-refractivity contribution >= 4 is 59.4 Å². The molecule has 0 aliphatic rings. The van der Waals surface area contributed by atoms with E-state index >= 15 is 0 Å². The molecule has 12 heavy (non-hydrogen) atoms. The summed E-state index contributed by atoms with van der Waals surface area (Å²) in [6, 6.07) is 5.88. The maximum Gasteiger partial charge on any atom is 0.0963 e. The Bertz CT molecular complexity index is 273. The number of hydrogen-bond donors (Lipinski definition) is 0. The van der Waals surface area contributed by atoms with Crippen LogP contribution in [-0.2, 0) is 5.33 Å². The number of halogens is 4. The number of benzene rings is 1. The molecule has 0 spiro atoms. The highest BCUT2D eigenvalue weighted by Gasteiger charge is 2.11. The van der Waals surface area contributed by atoms with Crippen molar-refractivity contribution in [2.75, 3.05) is 0 Å². The Morgan fingerprint density at radius 1 is 1.33 bits per heavy atom. The summed E-state index contributed by atoms with van der Waals surface area (Å²) >= 11 is 16.3. The minimum Gasteiger partial charge on any atom is -0.0876 e. The second kappa shape index (κ2) is 4.99. The van der Waals surface area contributed by atoms with Gasteiger partial charge in [0.25, 0.3) is 0 Å². The third-order valence-corrected chi connectivity index (χ3v) is 3.35. The third kappa shape index (κ3) is 2.47. The van der Waals surface area contributed by atoms with E-state index in [0.717, 1.165) is 15.9 Å². The van der Waals surface area contributed by atoms with Gasteiger partial charge in [0.15, 0.2) is 0 Å². The summed E-state index contributed by atoms with van der Waals surface area (Å²) < 4.78 is 0.117. The SMILES string of the molecule is Clc1cccc(CBr)c1C(Br)Br. The first-order valence-corrected chi connectivity index (χ1v) is 6.61. The molecule has 0 fully saturated rings. The summed E-state index contributed by atoms with van der Waals surface area (Å²) in [7, 11) is 0. The van der Waals surface area contributed by atoms with Gasteiger partial charge in [-0.2, -0.15) is 0 Å². The number of alkyl halides is 3. The van der Waals surface area contributed by atoms with E-state index < -0.39 is 0 Å². The van der Waals surface area contributed by atoms with Crippen molar-refractivity contribution in [1.29, 1.82) is 0 Å². The van der Waals surface area contributed by atoms with Gasteiger partial charge in [-0.3, -0.25) is 0 Å². The molecule has 1 rings (SSSR count). The van der Waals surface area contributed by atoms with Crippen LogP contribution in [0.3, 0.4) is 0 Å². The van der Waals surface area contributed by atoms with E-state index in [2.05, 4.69) is 47.8 Å². The first-order chi connectivity index (χ1) is 5.66. The molecule has 66 valence electrons. The van der Waals surface area contributed by atoms with Crippen LogP contribution in [0.5, 0.6) is 0 Å². The smallest absolute Gasteiger partial charge is 0.0876 e. The standard InChI is InChI=1S/C8H6Br3Cl/c9-4-5-2-1-3-6(12)7(5)8(10)11/h1-3,8H,4H2. The van der Waals surface area contributed by atoms with E-state index in [-0.39, 0.29) is 3.74 Å². The average Bonchev–Trinajstić information content (AvgIpc) is 2.03. The van der Waals surface area contributed by atoms with Crippen LogP contribution in [0.1, 0.15) is 14.9 Å². The molecule has 0 aliphatic heterocycles. The molecular formula is C8H6Br3Cl. The third-order valence-electron chi connectivity index (χ3n) is 1.51. The van der Waals surface area contributed by atoms with Gasteiger partial charge in [0.1, 0.15) is 0 Å². The molecule has 0 aromatic heterocycles. The molecule has 0 saturated carbocycles. The van der Waals surface area contributed by atoms with E-state index in [4.69, 9.17) is 11.6 Å². The van der Waals surface area contributed by atoms with E-state index in [0.29, 0.717) is 0 Å². The van der Waals surface area contributed by atoms with Crippen LogP contribution in [0.4, 0.5) is 0 Å². The summed E-state index contributed by atoms with van der Waals surface area (Å²) in [5.74, 6) is 0. The van der Waals surface area contributed by atoms with Gasteiger partial charge < -0.3 is 0 Å². The second-order valence-corrected chi connectivity index (χ2v) is 6.28. The summed E-state index contributed by atoms with van der Waals surface area (Å²) in [4.78, 5) is 0. The Morgan fingerprint density at radius 3 is 2.42 bits per heavy atom. The van der Waals surface area contributed by atoms with Crippen molar-refractivity contribution in [1.82, 2.24) is 0 Å². The Morgan fingerprint density at radius 2 is 2.00 bits per heavy atom. The van der Waals surface area contributed by atoms with Crippen LogP contribution in [0, 0.1) is 0 Å². The van der Waals surface area contributed by atoms with Crippen LogP contribution in [0.15, 0.2) is 18.2 Å². The quantitative estimate of drug-likeness (QED) is 0.635. The molecule has 0 radical (unpaired) electrons. The van der Waals surface area contributed by atoms with Gasteiger partial charge in [0.05, 0.1) is 3.74 Å². The predicted molar refractivity (Wildman–Crippen MR) is 64.7 cm³/mol. The second-order valence-electron chi connectivity index (χ2n) is 2.25. The minimum atomic E-state index is 0.117. The van der Waals surface area contributed by atoms with Crippen LogP contribution in [-0.4, -0.2) is 0 Å². The Hall–Kier alpha value is 0.950. The van der Waals surface area contributed by atoms with Crippen molar-refractivity contribution in [3.8, 4) is 0 Å². The van der Waals surface area contributed by atoms with Crippen LogP contribution < -0.4 is 0 Å². The van der Waals surface area contributed by atoms with Gasteiger partial charge in [-0.15, -0.1) is 0 Å². The Balaban J connectivity index is 3.20. The molecule has 0 bridgehead atoms. The summed E-state index contributed by atoms with van der Waals surface area (Å²) in [6.45, 7) is 0. The lowest BCUT2D eigenvalue weighted by atomic mass is 10.1. The maximum absolute atomic E-state index is 6.02. The molecule has 1 aromatic rings. The van der Waals surface area contributed by atoms with E-state index in [1.807, 2.05) is 18.2 Å². The zero-order valence-corrected chi connectivity index (χ0v) is 11.5. The normalized spacial score (nSPS) is 10.8. The fourth-order valence-electron chi connectivity index (χ4n) is 0.943. The molecule has 0 aliphatic carbocycles. The zero-order valence-electron chi connectivity index (χ0n) is 6.03. The largest absolute Gasteiger partial charge is 0.0963 e.